The molecule has 4 N–H and O–H groups in total. The van der Waals surface area contributed by atoms with Crippen LogP contribution >= 0.6 is 11.8 Å². The van der Waals surface area contributed by atoms with Gasteiger partial charge in [0, 0.05) is 23.4 Å². The zero-order chi connectivity index (χ0) is 21.7. The van der Waals surface area contributed by atoms with Gasteiger partial charge in [-0.2, -0.15) is 0 Å². The molecule has 0 fully saturated rings. The molecule has 0 saturated carbocycles. The number of carbonyl (C=O) groups excluding carboxylic acids is 1. The lowest BCUT2D eigenvalue weighted by Crippen LogP contribution is -2.23. The van der Waals surface area contributed by atoms with Crippen LogP contribution in [-0.2, 0) is 5.75 Å². The molecule has 3 aromatic rings. The number of ether oxygens (including phenoxy) is 1. The molecule has 154 valence electrons. The van der Waals surface area contributed by atoms with E-state index in [0.29, 0.717) is 22.6 Å². The number of benzene rings is 2. The maximum absolute atomic E-state index is 12.4. The summed E-state index contributed by atoms with van der Waals surface area (Å²) in [4.78, 5) is 41.7. The molecule has 3 rings (SSSR count). The average Bonchev–Trinajstić information content (AvgIpc) is 2.75. The van der Waals surface area contributed by atoms with E-state index in [2.05, 4.69) is 15.3 Å². The van der Waals surface area contributed by atoms with Crippen molar-refractivity contribution >= 4 is 34.9 Å². The minimum Gasteiger partial charge on any atom is -0.497 e. The van der Waals surface area contributed by atoms with Gasteiger partial charge in [-0.05, 0) is 29.8 Å². The normalized spacial score (nSPS) is 10.4. The summed E-state index contributed by atoms with van der Waals surface area (Å²) in [5, 5.41) is 13.5. The first kappa shape index (κ1) is 20.9. The Hall–Kier alpha value is -3.86. The van der Waals surface area contributed by atoms with Crippen LogP contribution in [-0.4, -0.2) is 27.9 Å². The first-order valence-electron chi connectivity index (χ1n) is 8.58. The molecular formula is C19H17N5O5S. The molecule has 0 spiro atoms. The number of nitrogens with two attached hydrogens (primary N) is 1. The van der Waals surface area contributed by atoms with Crippen molar-refractivity contribution in [1.82, 2.24) is 9.97 Å². The number of nitrogens with one attached hydrogen (secondary N) is 2. The van der Waals surface area contributed by atoms with Crippen LogP contribution in [0.3, 0.4) is 0 Å². The minimum atomic E-state index is -0.606. The molecule has 0 radical (unpaired) electrons. The molecule has 1 aromatic heterocycles. The van der Waals surface area contributed by atoms with Gasteiger partial charge in [0.2, 0.25) is 0 Å². The molecule has 1 heterocycles. The van der Waals surface area contributed by atoms with Crippen molar-refractivity contribution < 1.29 is 14.5 Å². The van der Waals surface area contributed by atoms with Crippen LogP contribution in [0.25, 0.3) is 0 Å². The van der Waals surface area contributed by atoms with Gasteiger partial charge in [-0.1, -0.05) is 23.9 Å². The second kappa shape index (κ2) is 9.09. The number of methoxy groups -OCH3 is 1. The van der Waals surface area contributed by atoms with Crippen molar-refractivity contribution in [3.05, 3.63) is 80.1 Å². The monoisotopic (exact) mass is 427 g/mol. The predicted molar refractivity (Wildman–Crippen MR) is 113 cm³/mol. The molecule has 10 nitrogen and oxygen atoms in total. The van der Waals surface area contributed by atoms with Crippen LogP contribution in [0.15, 0.2) is 58.5 Å². The predicted octanol–water partition coefficient (Wildman–Crippen LogP) is 2.81. The van der Waals surface area contributed by atoms with Crippen LogP contribution in [0.4, 0.5) is 17.2 Å². The van der Waals surface area contributed by atoms with Crippen LogP contribution in [0, 0.1) is 10.1 Å². The van der Waals surface area contributed by atoms with Gasteiger partial charge in [0.25, 0.3) is 17.2 Å². The van der Waals surface area contributed by atoms with Gasteiger partial charge in [0.15, 0.2) is 11.0 Å². The summed E-state index contributed by atoms with van der Waals surface area (Å²) in [6, 6.07) is 12.5. The molecule has 11 heteroatoms. The number of anilines is 2. The van der Waals surface area contributed by atoms with Gasteiger partial charge in [-0.25, -0.2) is 4.98 Å². The Morgan fingerprint density at radius 3 is 2.67 bits per heavy atom. The molecule has 0 aliphatic rings. The summed E-state index contributed by atoms with van der Waals surface area (Å²) in [6.07, 6.45) is 0. The van der Waals surface area contributed by atoms with Gasteiger partial charge in [-0.15, -0.1) is 0 Å². The molecule has 30 heavy (non-hydrogen) atoms. The van der Waals surface area contributed by atoms with Crippen molar-refractivity contribution in [3.63, 3.8) is 0 Å². The summed E-state index contributed by atoms with van der Waals surface area (Å²) in [6.45, 7) is 0. The third-order valence-electron chi connectivity index (χ3n) is 4.01. The zero-order valence-corrected chi connectivity index (χ0v) is 16.6. The zero-order valence-electron chi connectivity index (χ0n) is 15.7. The largest absolute Gasteiger partial charge is 0.497 e. The number of amides is 1. The smallest absolute Gasteiger partial charge is 0.277 e. The molecule has 0 saturated heterocycles. The maximum atomic E-state index is 12.4. The highest BCUT2D eigenvalue weighted by atomic mass is 32.2. The fourth-order valence-electron chi connectivity index (χ4n) is 2.50. The van der Waals surface area contributed by atoms with E-state index in [0.717, 1.165) is 11.8 Å². The van der Waals surface area contributed by atoms with E-state index in [9.17, 15) is 19.7 Å². The van der Waals surface area contributed by atoms with Crippen molar-refractivity contribution in [2.45, 2.75) is 10.9 Å². The number of hydrogen-bond acceptors (Lipinski definition) is 8. The fraction of sp³-hybridized carbons (Fsp3) is 0.105. The number of nitrogen functional groups attached to an aromatic ring is 1. The van der Waals surface area contributed by atoms with Gasteiger partial charge in [-0.3, -0.25) is 24.7 Å². The Labute approximate surface area is 174 Å². The summed E-state index contributed by atoms with van der Waals surface area (Å²) in [7, 11) is 1.51. The molecule has 0 unspecified atom stereocenters. The number of aromatic nitrogens is 2. The number of rotatable bonds is 7. The van der Waals surface area contributed by atoms with Crippen LogP contribution in [0.5, 0.6) is 5.75 Å². The van der Waals surface area contributed by atoms with E-state index in [1.54, 1.807) is 36.4 Å². The fourth-order valence-corrected chi connectivity index (χ4v) is 3.31. The van der Waals surface area contributed by atoms with Crippen LogP contribution in [0.1, 0.15) is 15.9 Å². The third-order valence-corrected chi connectivity index (χ3v) is 4.96. The lowest BCUT2D eigenvalue weighted by Gasteiger charge is -2.09. The van der Waals surface area contributed by atoms with Crippen LogP contribution in [0.2, 0.25) is 0 Å². The SMILES string of the molecule is COc1ccc(C(=O)Nc2c(N)nc(SCc3cccc([N+](=O)[O-])c3)[nH]c2=O)cc1. The molecule has 0 bridgehead atoms. The topological polar surface area (TPSA) is 153 Å². The van der Waals surface area contributed by atoms with Crippen molar-refractivity contribution in [2.24, 2.45) is 0 Å². The van der Waals surface area contributed by atoms with E-state index in [4.69, 9.17) is 10.5 Å². The Balaban J connectivity index is 1.71. The van der Waals surface area contributed by atoms with E-state index >= 15 is 0 Å². The van der Waals surface area contributed by atoms with E-state index in [1.165, 1.54) is 19.2 Å². The summed E-state index contributed by atoms with van der Waals surface area (Å²) in [5.41, 5.74) is 6.08. The quantitative estimate of drug-likeness (QED) is 0.225. The van der Waals surface area contributed by atoms with Gasteiger partial charge < -0.3 is 15.8 Å². The first-order chi connectivity index (χ1) is 14.4. The number of carbonyl (C=O) groups is 1. The Morgan fingerprint density at radius 2 is 2.03 bits per heavy atom. The van der Waals surface area contributed by atoms with Gasteiger partial charge >= 0.3 is 0 Å². The lowest BCUT2D eigenvalue weighted by molar-refractivity contribution is -0.384. The minimum absolute atomic E-state index is 0.0225. The number of thioether (sulfide) groups is 1. The number of nitrogens with zero attached hydrogens (tertiary/aromatic N) is 2. The second-order valence-corrected chi connectivity index (χ2v) is 6.99. The first-order valence-corrected chi connectivity index (χ1v) is 9.57. The summed E-state index contributed by atoms with van der Waals surface area (Å²) < 4.78 is 5.04. The standard InChI is InChI=1S/C19H17N5O5S/c1-29-14-7-5-12(6-8-14)17(25)21-15-16(20)22-19(23-18(15)26)30-10-11-3-2-4-13(9-11)24(27)28/h2-9H,10H2,1H3,(H,21,25)(H3,20,22,23,26). The van der Waals surface area contributed by atoms with Crippen LogP contribution < -0.4 is 21.3 Å². The molecule has 0 atom stereocenters. The molecule has 0 aliphatic heterocycles. The number of nitro benzene ring substituents is 1. The Bertz CT molecular complexity index is 1150. The molecule has 2 aromatic carbocycles. The number of hydrogen-bond donors (Lipinski definition) is 3. The van der Waals surface area contributed by atoms with Crippen molar-refractivity contribution in [2.75, 3.05) is 18.2 Å². The van der Waals surface area contributed by atoms with E-state index in [1.807, 2.05) is 0 Å². The van der Waals surface area contributed by atoms with Crippen molar-refractivity contribution in [3.8, 4) is 5.75 Å². The highest BCUT2D eigenvalue weighted by Gasteiger charge is 2.15. The summed E-state index contributed by atoms with van der Waals surface area (Å²) >= 11 is 1.15. The molecule has 0 aliphatic carbocycles. The Morgan fingerprint density at radius 1 is 1.30 bits per heavy atom. The number of non-ortho nitro benzene ring substituents is 1. The highest BCUT2D eigenvalue weighted by Crippen LogP contribution is 2.23. The third kappa shape index (κ3) is 4.94. The molecule has 1 amide bonds. The average molecular weight is 427 g/mol. The molecular weight excluding hydrogens is 410 g/mol. The second-order valence-electron chi connectivity index (χ2n) is 6.03. The van der Waals surface area contributed by atoms with Gasteiger partial charge in [0.1, 0.15) is 11.4 Å². The van der Waals surface area contributed by atoms with E-state index < -0.39 is 16.4 Å². The van der Waals surface area contributed by atoms with E-state index in [-0.39, 0.29) is 22.3 Å². The van der Waals surface area contributed by atoms with Crippen molar-refractivity contribution in [1.29, 1.82) is 0 Å². The number of H-pyrrole nitrogens is 1. The maximum Gasteiger partial charge on any atom is 0.277 e. The summed E-state index contributed by atoms with van der Waals surface area (Å²) in [5.74, 6) is 0.272. The highest BCUT2D eigenvalue weighted by molar-refractivity contribution is 7.98. The Kier molecular flexibility index (Phi) is 6.32. The number of aromatic amines is 1. The number of nitro groups is 1. The van der Waals surface area contributed by atoms with Gasteiger partial charge in [0.05, 0.1) is 12.0 Å². The lowest BCUT2D eigenvalue weighted by atomic mass is 10.2.